The van der Waals surface area contributed by atoms with E-state index in [-0.39, 0.29) is 16.1 Å². The average molecular weight is 509 g/mol. The molecule has 5 N–H and O–H groups in total. The van der Waals surface area contributed by atoms with E-state index < -0.39 is 0 Å². The minimum atomic E-state index is -0.113. The average Bonchev–Trinajstić information content (AvgIpc) is 3.08. The third kappa shape index (κ3) is 8.99. The summed E-state index contributed by atoms with van der Waals surface area (Å²) in [7, 11) is 0. The van der Waals surface area contributed by atoms with E-state index in [9.17, 15) is 4.79 Å². The molecule has 0 saturated carbocycles. The lowest BCUT2D eigenvalue weighted by Crippen LogP contribution is -2.33. The summed E-state index contributed by atoms with van der Waals surface area (Å²) in [5, 5.41) is 11.4. The molecule has 0 aliphatic heterocycles. The number of anilines is 1. The molecule has 1 aromatic heterocycles. The zero-order valence-corrected chi connectivity index (χ0v) is 21.0. The molecule has 0 saturated heterocycles. The number of allylic oxidation sites excluding steroid dienone is 1. The second-order valence-corrected chi connectivity index (χ2v) is 9.03. The zero-order chi connectivity index (χ0) is 23.5. The molecule has 1 amide bonds. The number of carbonyl (C=O) groups excluding carboxylic acids is 1. The number of thiazole rings is 1. The van der Waals surface area contributed by atoms with Gasteiger partial charge in [-0.3, -0.25) is 10.2 Å². The molecule has 1 aromatic carbocycles. The Labute approximate surface area is 207 Å². The summed E-state index contributed by atoms with van der Waals surface area (Å²) in [4.78, 5) is 17.2. The van der Waals surface area contributed by atoms with Gasteiger partial charge in [0.2, 0.25) is 5.91 Å². The van der Waals surface area contributed by atoms with Crippen molar-refractivity contribution in [2.24, 2.45) is 10.8 Å². The predicted octanol–water partition coefficient (Wildman–Crippen LogP) is 4.75. The number of hydrogen-bond donors (Lipinski definition) is 4. The summed E-state index contributed by atoms with van der Waals surface area (Å²) in [6, 6.07) is 7.41. The number of carbonyl (C=O) groups is 1. The Kier molecular flexibility index (Phi) is 10.7. The first-order chi connectivity index (χ1) is 15.3. The van der Waals surface area contributed by atoms with Gasteiger partial charge in [-0.05, 0) is 61.6 Å². The fraction of sp³-hybridized carbons (Fsp3) is 0.286. The topological polar surface area (TPSA) is 104 Å². The zero-order valence-electron chi connectivity index (χ0n) is 17.8. The molecule has 0 fully saturated rings. The summed E-state index contributed by atoms with van der Waals surface area (Å²) in [5.41, 5.74) is 10.4. The summed E-state index contributed by atoms with van der Waals surface area (Å²) < 4.78 is 0. The fourth-order valence-corrected chi connectivity index (χ4v) is 3.96. The van der Waals surface area contributed by atoms with Gasteiger partial charge in [-0.2, -0.15) is 5.10 Å². The largest absolute Gasteiger partial charge is 0.375 e. The standard InChI is InChI=1S/C21H25ClN6OS3/c1-3-4-5-6-17(29)25-20(31)26-21-24-13(2)18(32-21)16(27-28-19(23)30)12-9-14-7-10-15(22)11-8-14/h7-12H,3-6H2,1-2H3,(H3,23,28,30)(H2,24,25,26,29,31)/b12-9?,27-16+. The Bertz CT molecular complexity index is 1020. The van der Waals surface area contributed by atoms with E-state index in [1.54, 1.807) is 0 Å². The molecule has 2 rings (SSSR count). The van der Waals surface area contributed by atoms with Crippen molar-refractivity contribution < 1.29 is 4.79 Å². The van der Waals surface area contributed by atoms with Gasteiger partial charge in [0.15, 0.2) is 15.4 Å². The maximum absolute atomic E-state index is 12.0. The lowest BCUT2D eigenvalue weighted by Gasteiger charge is -2.06. The molecule has 0 spiro atoms. The number of aromatic nitrogens is 1. The van der Waals surface area contributed by atoms with Gasteiger partial charge in [-0.1, -0.05) is 60.9 Å². The highest BCUT2D eigenvalue weighted by atomic mass is 35.5. The summed E-state index contributed by atoms with van der Waals surface area (Å²) in [6.07, 6.45) is 7.05. The molecule has 11 heteroatoms. The van der Waals surface area contributed by atoms with Crippen LogP contribution in [0.15, 0.2) is 35.4 Å². The summed E-state index contributed by atoms with van der Waals surface area (Å²) in [5.74, 6) is -0.113. The number of aryl methyl sites for hydroxylation is 1. The quantitative estimate of drug-likeness (QED) is 0.168. The molecular weight excluding hydrogens is 484 g/mol. The molecule has 0 radical (unpaired) electrons. The van der Waals surface area contributed by atoms with Crippen molar-refractivity contribution >= 4 is 80.4 Å². The van der Waals surface area contributed by atoms with Crippen LogP contribution >= 0.6 is 47.4 Å². The number of benzene rings is 1. The van der Waals surface area contributed by atoms with Gasteiger partial charge in [0.05, 0.1) is 10.6 Å². The van der Waals surface area contributed by atoms with Crippen LogP contribution in [0.25, 0.3) is 6.08 Å². The Morgan fingerprint density at radius 2 is 2.00 bits per heavy atom. The normalized spacial score (nSPS) is 11.4. The van der Waals surface area contributed by atoms with Crippen LogP contribution in [0.4, 0.5) is 5.13 Å². The van der Waals surface area contributed by atoms with Crippen LogP contribution in [0, 0.1) is 6.92 Å². The Morgan fingerprint density at radius 3 is 2.66 bits per heavy atom. The minimum Gasteiger partial charge on any atom is -0.375 e. The van der Waals surface area contributed by atoms with Gasteiger partial charge in [-0.15, -0.1) is 0 Å². The van der Waals surface area contributed by atoms with Gasteiger partial charge in [0.25, 0.3) is 0 Å². The molecular formula is C21H25ClN6OS3. The van der Waals surface area contributed by atoms with Gasteiger partial charge in [0.1, 0.15) is 5.71 Å². The molecule has 0 bridgehead atoms. The minimum absolute atomic E-state index is 0.0508. The second-order valence-electron chi connectivity index (χ2n) is 6.75. The number of nitrogens with two attached hydrogens (primary N) is 1. The predicted molar refractivity (Wildman–Crippen MR) is 142 cm³/mol. The molecule has 0 unspecified atom stereocenters. The number of amides is 1. The molecule has 170 valence electrons. The highest BCUT2D eigenvalue weighted by Crippen LogP contribution is 2.24. The lowest BCUT2D eigenvalue weighted by atomic mass is 10.1. The van der Waals surface area contributed by atoms with Crippen LogP contribution in [0.5, 0.6) is 0 Å². The van der Waals surface area contributed by atoms with E-state index in [1.807, 2.05) is 43.3 Å². The number of rotatable bonds is 9. The van der Waals surface area contributed by atoms with Crippen molar-refractivity contribution in [3.05, 3.63) is 51.5 Å². The molecule has 1 heterocycles. The monoisotopic (exact) mass is 508 g/mol. The second kappa shape index (κ2) is 13.2. The Morgan fingerprint density at radius 1 is 1.28 bits per heavy atom. The number of nitrogens with zero attached hydrogens (tertiary/aromatic N) is 2. The number of hydrazone groups is 1. The van der Waals surface area contributed by atoms with Crippen molar-refractivity contribution in [2.75, 3.05) is 5.32 Å². The van der Waals surface area contributed by atoms with Crippen LogP contribution in [-0.2, 0) is 4.79 Å². The van der Waals surface area contributed by atoms with Gasteiger partial charge >= 0.3 is 0 Å². The van der Waals surface area contributed by atoms with Crippen LogP contribution in [-0.4, -0.2) is 26.8 Å². The summed E-state index contributed by atoms with van der Waals surface area (Å²) in [6.45, 7) is 3.95. The van der Waals surface area contributed by atoms with E-state index in [2.05, 4.69) is 33.1 Å². The molecule has 7 nitrogen and oxygen atoms in total. The number of halogens is 1. The number of thiocarbonyl (C=S) groups is 2. The Balaban J connectivity index is 2.14. The number of nitrogens with one attached hydrogen (secondary N) is 3. The van der Waals surface area contributed by atoms with Gasteiger partial charge in [-0.25, -0.2) is 4.98 Å². The van der Waals surface area contributed by atoms with Crippen LogP contribution < -0.4 is 21.8 Å². The smallest absolute Gasteiger partial charge is 0.226 e. The van der Waals surface area contributed by atoms with Crippen LogP contribution in [0.3, 0.4) is 0 Å². The first-order valence-corrected chi connectivity index (χ1v) is 11.9. The Hall–Kier alpha value is -2.40. The SMILES string of the molecule is CCCCCC(=O)NC(=S)Nc1nc(C)c(/C(C=Cc2ccc(Cl)cc2)=N/NC(N)=S)s1. The van der Waals surface area contributed by atoms with Crippen molar-refractivity contribution in [1.29, 1.82) is 0 Å². The van der Waals surface area contributed by atoms with Crippen molar-refractivity contribution in [3.63, 3.8) is 0 Å². The summed E-state index contributed by atoms with van der Waals surface area (Å²) >= 11 is 17.4. The molecule has 2 aromatic rings. The maximum atomic E-state index is 12.0. The third-order valence-electron chi connectivity index (χ3n) is 4.10. The molecule has 32 heavy (non-hydrogen) atoms. The number of unbranched alkanes of at least 4 members (excludes halogenated alkanes) is 2. The third-order valence-corrected chi connectivity index (χ3v) is 5.74. The van der Waals surface area contributed by atoms with Crippen molar-refractivity contribution in [1.82, 2.24) is 15.7 Å². The molecule has 0 aliphatic carbocycles. The van der Waals surface area contributed by atoms with Crippen LogP contribution in [0.1, 0.15) is 48.7 Å². The van der Waals surface area contributed by atoms with E-state index in [4.69, 9.17) is 41.8 Å². The number of hydrogen-bond acceptors (Lipinski definition) is 6. The van der Waals surface area contributed by atoms with Crippen molar-refractivity contribution in [3.8, 4) is 0 Å². The highest BCUT2D eigenvalue weighted by molar-refractivity contribution is 7.80. The van der Waals surface area contributed by atoms with Gasteiger partial charge < -0.3 is 16.4 Å². The van der Waals surface area contributed by atoms with E-state index in [1.165, 1.54) is 11.3 Å². The molecule has 0 atom stereocenters. The van der Waals surface area contributed by atoms with Gasteiger partial charge in [0, 0.05) is 11.4 Å². The first-order valence-electron chi connectivity index (χ1n) is 9.94. The maximum Gasteiger partial charge on any atom is 0.226 e. The fourth-order valence-electron chi connectivity index (χ4n) is 2.57. The van der Waals surface area contributed by atoms with Crippen LogP contribution in [0.2, 0.25) is 5.02 Å². The van der Waals surface area contributed by atoms with Crippen molar-refractivity contribution in [2.45, 2.75) is 39.5 Å². The lowest BCUT2D eigenvalue weighted by molar-refractivity contribution is -0.119. The first kappa shape index (κ1) is 25.9. The van der Waals surface area contributed by atoms with E-state index in [0.29, 0.717) is 22.3 Å². The van der Waals surface area contributed by atoms with E-state index in [0.717, 1.165) is 35.4 Å². The van der Waals surface area contributed by atoms with E-state index >= 15 is 0 Å². The highest BCUT2D eigenvalue weighted by Gasteiger charge is 2.14. The molecule has 0 aliphatic rings.